The number of carboxylic acid groups (broad SMARTS) is 1. The Balaban J connectivity index is 2.38. The van der Waals surface area contributed by atoms with Crippen LogP contribution in [0.1, 0.15) is 11.1 Å². The van der Waals surface area contributed by atoms with E-state index in [4.69, 9.17) is 5.11 Å². The first-order valence-corrected chi connectivity index (χ1v) is 6.04. The van der Waals surface area contributed by atoms with Crippen molar-refractivity contribution in [3.63, 3.8) is 0 Å². The lowest BCUT2D eigenvalue weighted by Gasteiger charge is -2.11. The topological polar surface area (TPSA) is 82.2 Å². The van der Waals surface area contributed by atoms with Crippen LogP contribution in [0.3, 0.4) is 0 Å². The number of H-pyrrole nitrogens is 1. The minimum Gasteiger partial charge on any atom is -0.480 e. The number of carbonyl (C=O) groups is 1. The molecule has 0 aliphatic carbocycles. The second-order valence-corrected chi connectivity index (χ2v) is 4.59. The van der Waals surface area contributed by atoms with E-state index < -0.39 is 12.0 Å². The third kappa shape index (κ3) is 2.82. The zero-order valence-corrected chi connectivity index (χ0v) is 10.9. The number of pyridine rings is 1. The minimum absolute atomic E-state index is 0.0983. The third-order valence-electron chi connectivity index (χ3n) is 3.18. The van der Waals surface area contributed by atoms with Gasteiger partial charge in [0.2, 0.25) is 0 Å². The number of likely N-dealkylation sites (N-methyl/N-ethyl adjacent to an activating group) is 1. The standard InChI is InChI=1S/C14H16N2O3/c1-8-5-10-6-9(7-12(15-2)14(18)19)3-4-11(10)16-13(8)17/h3-6,12,15H,7H2,1-2H3,(H,16,17)(H,18,19). The summed E-state index contributed by atoms with van der Waals surface area (Å²) in [4.78, 5) is 25.3. The fourth-order valence-electron chi connectivity index (χ4n) is 2.04. The summed E-state index contributed by atoms with van der Waals surface area (Å²) in [6.45, 7) is 1.75. The second kappa shape index (κ2) is 5.24. The number of aryl methyl sites for hydroxylation is 1. The van der Waals surface area contributed by atoms with E-state index in [2.05, 4.69) is 10.3 Å². The molecular weight excluding hydrogens is 244 g/mol. The number of hydrogen-bond acceptors (Lipinski definition) is 3. The van der Waals surface area contributed by atoms with Crippen molar-refractivity contribution in [2.24, 2.45) is 0 Å². The summed E-state index contributed by atoms with van der Waals surface area (Å²) in [5.74, 6) is -0.875. The highest BCUT2D eigenvalue weighted by molar-refractivity contribution is 5.80. The maximum atomic E-state index is 11.5. The Hall–Kier alpha value is -2.14. The van der Waals surface area contributed by atoms with Crippen molar-refractivity contribution in [2.75, 3.05) is 7.05 Å². The first-order chi connectivity index (χ1) is 9.01. The van der Waals surface area contributed by atoms with E-state index >= 15 is 0 Å². The van der Waals surface area contributed by atoms with E-state index in [1.54, 1.807) is 20.0 Å². The average Bonchev–Trinajstić information content (AvgIpc) is 2.37. The number of hydrogen-bond donors (Lipinski definition) is 3. The maximum absolute atomic E-state index is 11.5. The number of benzene rings is 1. The average molecular weight is 260 g/mol. The molecule has 3 N–H and O–H groups in total. The first-order valence-electron chi connectivity index (χ1n) is 6.04. The van der Waals surface area contributed by atoms with Crippen molar-refractivity contribution in [3.8, 4) is 0 Å². The quantitative estimate of drug-likeness (QED) is 0.767. The SMILES string of the molecule is CNC(Cc1ccc2[nH]c(=O)c(C)cc2c1)C(=O)O. The van der Waals surface area contributed by atoms with Gasteiger partial charge in [-0.25, -0.2) is 0 Å². The molecule has 1 aromatic carbocycles. The Morgan fingerprint density at radius 2 is 2.16 bits per heavy atom. The van der Waals surface area contributed by atoms with E-state index in [1.807, 2.05) is 18.2 Å². The number of aliphatic carboxylic acids is 1. The zero-order valence-electron chi connectivity index (χ0n) is 10.9. The van der Waals surface area contributed by atoms with Crippen LogP contribution >= 0.6 is 0 Å². The molecule has 0 saturated carbocycles. The van der Waals surface area contributed by atoms with Gasteiger partial charge in [0.1, 0.15) is 6.04 Å². The number of fused-ring (bicyclic) bond motifs is 1. The molecule has 0 radical (unpaired) electrons. The van der Waals surface area contributed by atoms with Crippen molar-refractivity contribution >= 4 is 16.9 Å². The summed E-state index contributed by atoms with van der Waals surface area (Å²) in [7, 11) is 1.63. The van der Waals surface area contributed by atoms with Crippen molar-refractivity contribution in [3.05, 3.63) is 45.7 Å². The van der Waals surface area contributed by atoms with Crippen LogP contribution in [0.15, 0.2) is 29.1 Å². The Kier molecular flexibility index (Phi) is 3.66. The molecule has 1 atom stereocenters. The van der Waals surface area contributed by atoms with E-state index in [1.165, 1.54) is 0 Å². The van der Waals surface area contributed by atoms with Gasteiger partial charge in [0.15, 0.2) is 0 Å². The molecule has 0 saturated heterocycles. The highest BCUT2D eigenvalue weighted by atomic mass is 16.4. The van der Waals surface area contributed by atoms with Crippen LogP contribution in [-0.2, 0) is 11.2 Å². The fraction of sp³-hybridized carbons (Fsp3) is 0.286. The molecule has 19 heavy (non-hydrogen) atoms. The van der Waals surface area contributed by atoms with Gasteiger partial charge in [-0.1, -0.05) is 6.07 Å². The number of rotatable bonds is 4. The van der Waals surface area contributed by atoms with Crippen LogP contribution in [0.4, 0.5) is 0 Å². The third-order valence-corrected chi connectivity index (χ3v) is 3.18. The van der Waals surface area contributed by atoms with Crippen LogP contribution in [0.5, 0.6) is 0 Å². The zero-order chi connectivity index (χ0) is 14.0. The van der Waals surface area contributed by atoms with Gasteiger partial charge >= 0.3 is 5.97 Å². The van der Waals surface area contributed by atoms with Crippen molar-refractivity contribution < 1.29 is 9.90 Å². The molecule has 100 valence electrons. The molecule has 5 heteroatoms. The highest BCUT2D eigenvalue weighted by Gasteiger charge is 2.15. The molecule has 2 aromatic rings. The van der Waals surface area contributed by atoms with Crippen molar-refractivity contribution in [2.45, 2.75) is 19.4 Å². The first kappa shape index (κ1) is 13.3. The predicted molar refractivity (Wildman–Crippen MR) is 73.5 cm³/mol. The van der Waals surface area contributed by atoms with Crippen LogP contribution in [0.2, 0.25) is 0 Å². The van der Waals surface area contributed by atoms with Gasteiger partial charge in [-0.15, -0.1) is 0 Å². The second-order valence-electron chi connectivity index (χ2n) is 4.59. The van der Waals surface area contributed by atoms with E-state index in [0.717, 1.165) is 16.5 Å². The number of carboxylic acids is 1. The monoisotopic (exact) mass is 260 g/mol. The Bertz CT molecular complexity index is 676. The minimum atomic E-state index is -0.875. The van der Waals surface area contributed by atoms with Crippen molar-refractivity contribution in [1.29, 1.82) is 0 Å². The molecule has 0 fully saturated rings. The molecular formula is C14H16N2O3. The van der Waals surface area contributed by atoms with Gasteiger partial charge < -0.3 is 15.4 Å². The summed E-state index contributed by atoms with van der Waals surface area (Å²) in [5.41, 5.74) is 2.23. The van der Waals surface area contributed by atoms with Gasteiger partial charge in [0.25, 0.3) is 5.56 Å². The van der Waals surface area contributed by atoms with Crippen molar-refractivity contribution in [1.82, 2.24) is 10.3 Å². The Morgan fingerprint density at radius 3 is 2.79 bits per heavy atom. The summed E-state index contributed by atoms with van der Waals surface area (Å²) < 4.78 is 0. The molecule has 0 aliphatic rings. The number of nitrogens with one attached hydrogen (secondary N) is 2. The normalized spacial score (nSPS) is 12.5. The Labute approximate surface area is 110 Å². The van der Waals surface area contributed by atoms with Gasteiger partial charge in [-0.05, 0) is 49.5 Å². The smallest absolute Gasteiger partial charge is 0.321 e. The molecule has 0 bridgehead atoms. The van der Waals surface area contributed by atoms with Gasteiger partial charge in [0, 0.05) is 11.1 Å². The predicted octanol–water partition coefficient (Wildman–Crippen LogP) is 1.05. The van der Waals surface area contributed by atoms with E-state index in [0.29, 0.717) is 12.0 Å². The lowest BCUT2D eigenvalue weighted by Crippen LogP contribution is -2.35. The largest absolute Gasteiger partial charge is 0.480 e. The number of aromatic amines is 1. The molecule has 0 aliphatic heterocycles. The molecule has 0 spiro atoms. The molecule has 2 rings (SSSR count). The summed E-state index contributed by atoms with van der Waals surface area (Å²) in [6, 6.07) is 6.75. The van der Waals surface area contributed by atoms with Crippen LogP contribution in [0, 0.1) is 6.92 Å². The summed E-state index contributed by atoms with van der Waals surface area (Å²) in [5, 5.41) is 12.7. The maximum Gasteiger partial charge on any atom is 0.321 e. The molecule has 1 unspecified atom stereocenters. The number of aromatic nitrogens is 1. The molecule has 0 amide bonds. The molecule has 1 heterocycles. The van der Waals surface area contributed by atoms with E-state index in [9.17, 15) is 9.59 Å². The van der Waals surface area contributed by atoms with Crippen LogP contribution in [-0.4, -0.2) is 29.1 Å². The lowest BCUT2D eigenvalue weighted by molar-refractivity contribution is -0.139. The van der Waals surface area contributed by atoms with Gasteiger partial charge in [0.05, 0.1) is 0 Å². The Morgan fingerprint density at radius 1 is 1.42 bits per heavy atom. The fourth-order valence-corrected chi connectivity index (χ4v) is 2.04. The summed E-state index contributed by atoms with van der Waals surface area (Å²) in [6.07, 6.45) is 0.403. The highest BCUT2D eigenvalue weighted by Crippen LogP contribution is 2.15. The lowest BCUT2D eigenvalue weighted by atomic mass is 10.0. The van der Waals surface area contributed by atoms with Gasteiger partial charge in [-0.2, -0.15) is 0 Å². The summed E-state index contributed by atoms with van der Waals surface area (Å²) >= 11 is 0. The van der Waals surface area contributed by atoms with E-state index in [-0.39, 0.29) is 5.56 Å². The van der Waals surface area contributed by atoms with Crippen LogP contribution < -0.4 is 10.9 Å². The van der Waals surface area contributed by atoms with Gasteiger partial charge in [-0.3, -0.25) is 9.59 Å². The molecule has 1 aromatic heterocycles. The van der Waals surface area contributed by atoms with Crippen LogP contribution in [0.25, 0.3) is 10.9 Å². The molecule has 5 nitrogen and oxygen atoms in total.